The lowest BCUT2D eigenvalue weighted by atomic mass is 10.1. The summed E-state index contributed by atoms with van der Waals surface area (Å²) in [5, 5.41) is 1.51. The van der Waals surface area contributed by atoms with E-state index in [-0.39, 0.29) is 5.60 Å². The monoisotopic (exact) mass is 169 g/mol. The van der Waals surface area contributed by atoms with Crippen LogP contribution in [-0.2, 0) is 4.74 Å². The molecule has 1 fully saturated rings. The first-order chi connectivity index (χ1) is 5.58. The highest BCUT2D eigenvalue weighted by Gasteiger charge is 2.49. The third kappa shape index (κ3) is 2.06. The highest BCUT2D eigenvalue weighted by Crippen LogP contribution is 2.35. The molecule has 12 heavy (non-hydrogen) atoms. The molecule has 2 atom stereocenters. The molecule has 0 saturated carbocycles. The summed E-state index contributed by atoms with van der Waals surface area (Å²) < 4.78 is 5.35. The second-order valence-electron chi connectivity index (χ2n) is 3.19. The van der Waals surface area contributed by atoms with Crippen molar-refractivity contribution in [2.45, 2.75) is 25.6 Å². The lowest BCUT2D eigenvalue weighted by molar-refractivity contribution is 0.261. The summed E-state index contributed by atoms with van der Waals surface area (Å²) >= 11 is 0. The molecule has 0 radical (unpaired) electrons. The molecule has 1 aliphatic heterocycles. The Morgan fingerprint density at radius 1 is 1.83 bits per heavy atom. The van der Waals surface area contributed by atoms with E-state index in [1.54, 1.807) is 0 Å². The van der Waals surface area contributed by atoms with Crippen LogP contribution in [0.2, 0.25) is 0 Å². The topological polar surface area (TPSA) is 54.1 Å². The zero-order chi connectivity index (χ0) is 9.19. The third-order valence-corrected chi connectivity index (χ3v) is 2.07. The molecule has 0 bridgehead atoms. The van der Waals surface area contributed by atoms with E-state index in [1.807, 2.05) is 13.8 Å². The fraction of sp³-hybridized carbons (Fsp3) is 0.625. The molecule has 0 amide bonds. The minimum Gasteiger partial charge on any atom is -0.365 e. The Kier molecular flexibility index (Phi) is 2.49. The number of aliphatic imine (C=N–C) groups is 1. The van der Waals surface area contributed by atoms with Crippen LogP contribution in [0.1, 0.15) is 13.8 Å². The Hall–Kier alpha value is -0.870. The van der Waals surface area contributed by atoms with Gasteiger partial charge in [-0.3, -0.25) is 5.01 Å². The van der Waals surface area contributed by atoms with Crippen LogP contribution < -0.4 is 5.84 Å². The quantitative estimate of drug-likeness (QED) is 0.219. The van der Waals surface area contributed by atoms with Gasteiger partial charge in [-0.15, -0.1) is 0 Å². The molecule has 2 unspecified atom stereocenters. The average molecular weight is 169 g/mol. The second kappa shape index (κ2) is 3.25. The van der Waals surface area contributed by atoms with Gasteiger partial charge < -0.3 is 4.74 Å². The molecule has 0 spiro atoms. The Bertz CT molecular complexity index is 204. The summed E-state index contributed by atoms with van der Waals surface area (Å²) in [6, 6.07) is 0. The summed E-state index contributed by atoms with van der Waals surface area (Å²) in [6.07, 6.45) is 3.27. The molecule has 1 rings (SSSR count). The van der Waals surface area contributed by atoms with Crippen LogP contribution in [0.4, 0.5) is 0 Å². The number of epoxide rings is 1. The van der Waals surface area contributed by atoms with Gasteiger partial charge in [-0.25, -0.2) is 10.8 Å². The molecule has 68 valence electrons. The van der Waals surface area contributed by atoms with Gasteiger partial charge in [-0.2, -0.15) is 0 Å². The first-order valence-corrected chi connectivity index (χ1v) is 3.92. The maximum absolute atomic E-state index is 5.60. The molecule has 0 aromatic heterocycles. The molecule has 4 heteroatoms. The minimum atomic E-state index is -0.0953. The van der Waals surface area contributed by atoms with E-state index in [2.05, 4.69) is 11.6 Å². The number of nitrogens with zero attached hydrogens (tertiary/aromatic N) is 2. The second-order valence-corrected chi connectivity index (χ2v) is 3.19. The molecule has 1 aliphatic rings. The van der Waals surface area contributed by atoms with E-state index in [1.165, 1.54) is 17.5 Å². The van der Waals surface area contributed by atoms with Crippen LogP contribution in [0.3, 0.4) is 0 Å². The fourth-order valence-corrected chi connectivity index (χ4v) is 1.07. The lowest BCUT2D eigenvalue weighted by Crippen LogP contribution is -2.38. The normalized spacial score (nSPS) is 33.8. The van der Waals surface area contributed by atoms with Crippen molar-refractivity contribution in [3.8, 4) is 0 Å². The van der Waals surface area contributed by atoms with Gasteiger partial charge in [-0.1, -0.05) is 6.58 Å². The van der Waals surface area contributed by atoms with E-state index < -0.39 is 0 Å². The highest BCUT2D eigenvalue weighted by molar-refractivity contribution is 5.55. The minimum absolute atomic E-state index is 0.0953. The smallest absolute Gasteiger partial charge is 0.111 e. The molecular formula is C8H15N3O. The van der Waals surface area contributed by atoms with Crippen molar-refractivity contribution in [3.05, 3.63) is 12.8 Å². The van der Waals surface area contributed by atoms with E-state index in [9.17, 15) is 0 Å². The van der Waals surface area contributed by atoms with Gasteiger partial charge in [0.2, 0.25) is 0 Å². The molecule has 0 aromatic rings. The summed E-state index contributed by atoms with van der Waals surface area (Å²) in [4.78, 5) is 3.79. The van der Waals surface area contributed by atoms with Crippen molar-refractivity contribution >= 4 is 6.34 Å². The van der Waals surface area contributed by atoms with Gasteiger partial charge in [-0.05, 0) is 13.8 Å². The van der Waals surface area contributed by atoms with Crippen LogP contribution in [0.25, 0.3) is 0 Å². The summed E-state index contributed by atoms with van der Waals surface area (Å²) in [7, 11) is 0. The van der Waals surface area contributed by atoms with Gasteiger partial charge >= 0.3 is 0 Å². The number of hydrogen-bond donors (Lipinski definition) is 1. The van der Waals surface area contributed by atoms with Gasteiger partial charge in [0, 0.05) is 6.20 Å². The zero-order valence-electron chi connectivity index (χ0n) is 7.53. The average Bonchev–Trinajstić information content (AvgIpc) is 2.55. The maximum atomic E-state index is 5.60. The Morgan fingerprint density at radius 2 is 2.42 bits per heavy atom. The van der Waals surface area contributed by atoms with Crippen LogP contribution in [0.5, 0.6) is 0 Å². The number of hydrogen-bond acceptors (Lipinski definition) is 3. The number of rotatable bonds is 4. The van der Waals surface area contributed by atoms with E-state index >= 15 is 0 Å². The molecule has 0 aliphatic carbocycles. The zero-order valence-corrected chi connectivity index (χ0v) is 7.53. The standard InChI is InChI=1S/C8H15N3O/c1-4-10-6-11(9)5-8(3)7(2)12-8/h4,6-7H,1,5,9H2,2-3H3. The van der Waals surface area contributed by atoms with Crippen LogP contribution in [-0.4, -0.2) is 29.6 Å². The molecule has 1 heterocycles. The third-order valence-electron chi connectivity index (χ3n) is 2.07. The summed E-state index contributed by atoms with van der Waals surface area (Å²) in [5.41, 5.74) is -0.0953. The molecule has 0 aromatic carbocycles. The van der Waals surface area contributed by atoms with Crippen LogP contribution in [0.15, 0.2) is 17.8 Å². The largest absolute Gasteiger partial charge is 0.365 e. The number of hydrazine groups is 1. The molecule has 1 saturated heterocycles. The first-order valence-electron chi connectivity index (χ1n) is 3.92. The SMILES string of the molecule is C=CN=CN(N)CC1(C)OC1C. The number of ether oxygens (including phenoxy) is 1. The van der Waals surface area contributed by atoms with Crippen molar-refractivity contribution in [1.29, 1.82) is 0 Å². The predicted molar refractivity (Wildman–Crippen MR) is 48.5 cm³/mol. The Labute approximate surface area is 72.7 Å². The van der Waals surface area contributed by atoms with Crippen molar-refractivity contribution in [1.82, 2.24) is 5.01 Å². The van der Waals surface area contributed by atoms with E-state index in [4.69, 9.17) is 10.6 Å². The maximum Gasteiger partial charge on any atom is 0.111 e. The van der Waals surface area contributed by atoms with Crippen molar-refractivity contribution < 1.29 is 4.74 Å². The van der Waals surface area contributed by atoms with Crippen LogP contribution in [0, 0.1) is 0 Å². The molecule has 4 nitrogen and oxygen atoms in total. The molecular weight excluding hydrogens is 154 g/mol. The number of nitrogens with two attached hydrogens (primary N) is 1. The van der Waals surface area contributed by atoms with Gasteiger partial charge in [0.05, 0.1) is 12.6 Å². The Balaban J connectivity index is 2.31. The van der Waals surface area contributed by atoms with Crippen LogP contribution >= 0.6 is 0 Å². The van der Waals surface area contributed by atoms with Gasteiger partial charge in [0.25, 0.3) is 0 Å². The van der Waals surface area contributed by atoms with Gasteiger partial charge in [0.15, 0.2) is 0 Å². The molecule has 2 N–H and O–H groups in total. The predicted octanol–water partition coefficient (Wildman–Crippen LogP) is 0.511. The van der Waals surface area contributed by atoms with Gasteiger partial charge in [0.1, 0.15) is 11.9 Å². The summed E-state index contributed by atoms with van der Waals surface area (Å²) in [5.74, 6) is 5.60. The van der Waals surface area contributed by atoms with Crippen molar-refractivity contribution in [2.24, 2.45) is 10.8 Å². The lowest BCUT2D eigenvalue weighted by Gasteiger charge is -2.14. The summed E-state index contributed by atoms with van der Waals surface area (Å²) in [6.45, 7) is 8.16. The van der Waals surface area contributed by atoms with E-state index in [0.29, 0.717) is 12.6 Å². The van der Waals surface area contributed by atoms with Crippen molar-refractivity contribution in [3.63, 3.8) is 0 Å². The fourth-order valence-electron chi connectivity index (χ4n) is 1.07. The highest BCUT2D eigenvalue weighted by atomic mass is 16.6. The van der Waals surface area contributed by atoms with E-state index in [0.717, 1.165) is 0 Å². The first kappa shape index (κ1) is 9.22. The Morgan fingerprint density at radius 3 is 2.83 bits per heavy atom. The van der Waals surface area contributed by atoms with Crippen molar-refractivity contribution in [2.75, 3.05) is 6.54 Å².